The lowest BCUT2D eigenvalue weighted by molar-refractivity contribution is -0.134. The lowest BCUT2D eigenvalue weighted by Crippen LogP contribution is -2.42. The number of nitrogens with zero attached hydrogens (tertiary/aromatic N) is 1. The molecule has 0 aliphatic carbocycles. The normalized spacial score (nSPS) is 22.8. The minimum absolute atomic E-state index is 0.0178. The van der Waals surface area contributed by atoms with Crippen LogP contribution in [0.3, 0.4) is 0 Å². The Morgan fingerprint density at radius 2 is 2.05 bits per heavy atom. The highest BCUT2D eigenvalue weighted by molar-refractivity contribution is 5.76. The molecule has 0 radical (unpaired) electrons. The fraction of sp³-hybridized carbons (Fsp3) is 0.588. The monoisotopic (exact) mass is 307 g/mol. The molecule has 0 N–H and O–H groups in total. The zero-order valence-corrected chi connectivity index (χ0v) is 12.7. The minimum Gasteiger partial charge on any atom is -0.487 e. The van der Waals surface area contributed by atoms with Crippen molar-refractivity contribution in [2.45, 2.75) is 31.8 Å². The molecule has 4 nitrogen and oxygen atoms in total. The molecule has 2 heterocycles. The molecule has 1 amide bonds. The average molecular weight is 307 g/mol. The number of halogens is 1. The molecular formula is C17H22FNO3. The van der Waals surface area contributed by atoms with Gasteiger partial charge in [0.25, 0.3) is 0 Å². The summed E-state index contributed by atoms with van der Waals surface area (Å²) in [6.07, 6.45) is 3.05. The van der Waals surface area contributed by atoms with Gasteiger partial charge in [0.15, 0.2) is 11.6 Å². The summed E-state index contributed by atoms with van der Waals surface area (Å²) in [5, 5.41) is 0. The zero-order chi connectivity index (χ0) is 15.4. The van der Waals surface area contributed by atoms with E-state index in [1.807, 2.05) is 4.90 Å². The Balaban J connectivity index is 1.45. The third-order valence-corrected chi connectivity index (χ3v) is 4.41. The van der Waals surface area contributed by atoms with Crippen molar-refractivity contribution in [3.8, 4) is 5.75 Å². The lowest BCUT2D eigenvalue weighted by Gasteiger charge is -2.32. The summed E-state index contributed by atoms with van der Waals surface area (Å²) in [5.74, 6) is 0.553. The average Bonchev–Trinajstić information content (AvgIpc) is 3.03. The number of carbonyl (C=O) groups excluding carboxylic acids is 1. The van der Waals surface area contributed by atoms with Crippen molar-refractivity contribution in [3.05, 3.63) is 30.1 Å². The van der Waals surface area contributed by atoms with Crippen LogP contribution in [0.2, 0.25) is 0 Å². The molecule has 3 rings (SSSR count). The summed E-state index contributed by atoms with van der Waals surface area (Å²) in [5.41, 5.74) is 0. The van der Waals surface area contributed by atoms with E-state index in [-0.39, 0.29) is 17.8 Å². The van der Waals surface area contributed by atoms with Crippen LogP contribution in [0, 0.1) is 11.7 Å². The SMILES string of the molecule is O=C(C[C@H]1CCOC1)N1CCC(Oc2ccccc2F)CC1. The molecular weight excluding hydrogens is 285 g/mol. The number of ether oxygens (including phenoxy) is 2. The van der Waals surface area contributed by atoms with E-state index < -0.39 is 0 Å². The zero-order valence-electron chi connectivity index (χ0n) is 12.7. The van der Waals surface area contributed by atoms with Crippen LogP contribution in [0.1, 0.15) is 25.7 Å². The van der Waals surface area contributed by atoms with Crippen LogP contribution < -0.4 is 4.74 Å². The van der Waals surface area contributed by atoms with Crippen molar-refractivity contribution in [1.82, 2.24) is 4.90 Å². The number of carbonyl (C=O) groups is 1. The van der Waals surface area contributed by atoms with Gasteiger partial charge in [0.1, 0.15) is 6.10 Å². The Morgan fingerprint density at radius 3 is 2.73 bits per heavy atom. The molecule has 0 bridgehead atoms. The van der Waals surface area contributed by atoms with Gasteiger partial charge in [0.05, 0.1) is 0 Å². The summed E-state index contributed by atoms with van der Waals surface area (Å²) in [6, 6.07) is 6.46. The van der Waals surface area contributed by atoms with Crippen molar-refractivity contribution < 1.29 is 18.7 Å². The lowest BCUT2D eigenvalue weighted by atomic mass is 10.0. The second-order valence-corrected chi connectivity index (χ2v) is 6.06. The molecule has 1 aromatic rings. The van der Waals surface area contributed by atoms with Crippen LogP contribution in [0.25, 0.3) is 0 Å². The Hall–Kier alpha value is -1.62. The fourth-order valence-electron chi connectivity index (χ4n) is 3.06. The van der Waals surface area contributed by atoms with Crippen LogP contribution in [0.5, 0.6) is 5.75 Å². The van der Waals surface area contributed by atoms with Gasteiger partial charge in [0.2, 0.25) is 5.91 Å². The number of benzene rings is 1. The van der Waals surface area contributed by atoms with E-state index >= 15 is 0 Å². The number of amides is 1. The van der Waals surface area contributed by atoms with Gasteiger partial charge in [0, 0.05) is 45.6 Å². The topological polar surface area (TPSA) is 38.8 Å². The summed E-state index contributed by atoms with van der Waals surface area (Å²) >= 11 is 0. The van der Waals surface area contributed by atoms with Gasteiger partial charge in [-0.05, 0) is 24.5 Å². The molecule has 0 aromatic heterocycles. The summed E-state index contributed by atoms with van der Waals surface area (Å²) in [7, 11) is 0. The Kier molecular flexibility index (Phi) is 4.93. The maximum Gasteiger partial charge on any atom is 0.222 e. The molecule has 120 valence electrons. The first-order chi connectivity index (χ1) is 10.7. The number of hydrogen-bond acceptors (Lipinski definition) is 3. The fourth-order valence-corrected chi connectivity index (χ4v) is 3.06. The van der Waals surface area contributed by atoms with Crippen molar-refractivity contribution in [2.24, 2.45) is 5.92 Å². The van der Waals surface area contributed by atoms with Crippen molar-refractivity contribution in [1.29, 1.82) is 0 Å². The Morgan fingerprint density at radius 1 is 1.27 bits per heavy atom. The highest BCUT2D eigenvalue weighted by Crippen LogP contribution is 2.23. The summed E-state index contributed by atoms with van der Waals surface area (Å²) < 4.78 is 24.6. The number of piperidine rings is 1. The molecule has 1 aromatic carbocycles. The maximum absolute atomic E-state index is 13.6. The molecule has 2 aliphatic rings. The van der Waals surface area contributed by atoms with Crippen LogP contribution in [0.15, 0.2) is 24.3 Å². The molecule has 0 spiro atoms. The largest absolute Gasteiger partial charge is 0.487 e. The highest BCUT2D eigenvalue weighted by atomic mass is 19.1. The third-order valence-electron chi connectivity index (χ3n) is 4.41. The van der Waals surface area contributed by atoms with Gasteiger partial charge >= 0.3 is 0 Å². The van der Waals surface area contributed by atoms with Crippen molar-refractivity contribution in [2.75, 3.05) is 26.3 Å². The van der Waals surface area contributed by atoms with Crippen LogP contribution in [0.4, 0.5) is 4.39 Å². The Labute approximate surface area is 130 Å². The summed E-state index contributed by atoms with van der Waals surface area (Å²) in [6.45, 7) is 2.85. The van der Waals surface area contributed by atoms with E-state index in [1.54, 1.807) is 18.2 Å². The van der Waals surface area contributed by atoms with Crippen LogP contribution in [-0.2, 0) is 9.53 Å². The quantitative estimate of drug-likeness (QED) is 0.858. The van der Waals surface area contributed by atoms with Gasteiger partial charge < -0.3 is 14.4 Å². The first-order valence-electron chi connectivity index (χ1n) is 7.99. The second kappa shape index (κ2) is 7.09. The van der Waals surface area contributed by atoms with E-state index in [0.29, 0.717) is 37.8 Å². The van der Waals surface area contributed by atoms with Crippen molar-refractivity contribution >= 4 is 5.91 Å². The molecule has 2 aliphatic heterocycles. The van der Waals surface area contributed by atoms with Gasteiger partial charge in [-0.2, -0.15) is 0 Å². The number of rotatable bonds is 4. The summed E-state index contributed by atoms with van der Waals surface area (Å²) in [4.78, 5) is 14.1. The van der Waals surface area contributed by atoms with Gasteiger partial charge in [-0.1, -0.05) is 12.1 Å². The van der Waals surface area contributed by atoms with Crippen LogP contribution >= 0.6 is 0 Å². The molecule has 2 saturated heterocycles. The van der Waals surface area contributed by atoms with E-state index in [0.717, 1.165) is 25.9 Å². The molecule has 22 heavy (non-hydrogen) atoms. The van der Waals surface area contributed by atoms with E-state index in [4.69, 9.17) is 9.47 Å². The standard InChI is InChI=1S/C17H22FNO3/c18-15-3-1-2-4-16(15)22-14-5-8-19(9-6-14)17(20)11-13-7-10-21-12-13/h1-4,13-14H,5-12H2/t13-/m1/s1. The highest BCUT2D eigenvalue weighted by Gasteiger charge is 2.27. The van der Waals surface area contributed by atoms with E-state index in [1.165, 1.54) is 6.07 Å². The predicted octanol–water partition coefficient (Wildman–Crippen LogP) is 2.62. The van der Waals surface area contributed by atoms with Crippen LogP contribution in [-0.4, -0.2) is 43.2 Å². The molecule has 2 fully saturated rings. The first-order valence-corrected chi connectivity index (χ1v) is 7.99. The van der Waals surface area contributed by atoms with Crippen molar-refractivity contribution in [3.63, 3.8) is 0 Å². The molecule has 1 atom stereocenters. The third kappa shape index (κ3) is 3.77. The predicted molar refractivity (Wildman–Crippen MR) is 80.2 cm³/mol. The number of para-hydroxylation sites is 1. The van der Waals surface area contributed by atoms with Gasteiger partial charge in [-0.3, -0.25) is 4.79 Å². The Bertz CT molecular complexity index is 508. The maximum atomic E-state index is 13.6. The van der Waals surface area contributed by atoms with E-state index in [2.05, 4.69) is 0 Å². The number of likely N-dealkylation sites (tertiary alicyclic amines) is 1. The molecule has 5 heteroatoms. The minimum atomic E-state index is -0.331. The first kappa shape index (κ1) is 15.3. The molecule has 0 saturated carbocycles. The second-order valence-electron chi connectivity index (χ2n) is 6.06. The number of hydrogen-bond donors (Lipinski definition) is 0. The van der Waals surface area contributed by atoms with E-state index in [9.17, 15) is 9.18 Å². The smallest absolute Gasteiger partial charge is 0.222 e. The van der Waals surface area contributed by atoms with Gasteiger partial charge in [-0.15, -0.1) is 0 Å². The van der Waals surface area contributed by atoms with Gasteiger partial charge in [-0.25, -0.2) is 4.39 Å². The molecule has 0 unspecified atom stereocenters.